The van der Waals surface area contributed by atoms with Gasteiger partial charge in [0.25, 0.3) is 0 Å². The van der Waals surface area contributed by atoms with E-state index in [1.807, 2.05) is 12.3 Å². The van der Waals surface area contributed by atoms with Crippen LogP contribution in [0.15, 0.2) is 11.4 Å². The number of fused-ring (bicyclic) bond motifs is 1. The first-order valence-electron chi connectivity index (χ1n) is 5.69. The molecule has 1 heterocycles. The average Bonchev–Trinajstić information content (AvgIpc) is 2.73. The van der Waals surface area contributed by atoms with Gasteiger partial charge in [-0.3, -0.25) is 0 Å². The van der Waals surface area contributed by atoms with Crippen LogP contribution in [0, 0.1) is 6.92 Å². The molecule has 1 aromatic heterocycles. The maximum atomic E-state index is 10.9. The number of carbonyl (C=O) groups excluding carboxylic acids is 1. The van der Waals surface area contributed by atoms with Gasteiger partial charge >= 0.3 is 0 Å². The van der Waals surface area contributed by atoms with Gasteiger partial charge < -0.3 is 14.6 Å². The second kappa shape index (κ2) is 5.57. The molecule has 1 unspecified atom stereocenters. The number of benzene rings is 1. The van der Waals surface area contributed by atoms with Crippen molar-refractivity contribution in [3.05, 3.63) is 27.1 Å². The fourth-order valence-corrected chi connectivity index (χ4v) is 3.29. The lowest BCUT2D eigenvalue weighted by molar-refractivity contribution is -0.313. The van der Waals surface area contributed by atoms with E-state index in [1.54, 1.807) is 13.0 Å². The van der Waals surface area contributed by atoms with Crippen molar-refractivity contribution in [3.8, 4) is 5.75 Å². The lowest BCUT2D eigenvalue weighted by atomic mass is 10.2. The first-order chi connectivity index (χ1) is 8.95. The molecule has 0 saturated carbocycles. The number of aryl methyl sites for hydroxylation is 1. The van der Waals surface area contributed by atoms with Crippen LogP contribution in [0.1, 0.15) is 18.9 Å². The maximum Gasteiger partial charge on any atom is 0.141 e. The van der Waals surface area contributed by atoms with E-state index in [4.69, 9.17) is 27.9 Å². The number of hydrogen-bond donors (Lipinski definition) is 0. The molecule has 0 spiro atoms. The molecular formula is C13H11Cl2O3S-. The van der Waals surface area contributed by atoms with Crippen molar-refractivity contribution in [3.63, 3.8) is 0 Å². The highest BCUT2D eigenvalue weighted by Crippen LogP contribution is 2.42. The van der Waals surface area contributed by atoms with Gasteiger partial charge in [0, 0.05) is 5.39 Å². The zero-order chi connectivity index (χ0) is 14.2. The van der Waals surface area contributed by atoms with Gasteiger partial charge in [-0.15, -0.1) is 11.3 Å². The second-order valence-electron chi connectivity index (χ2n) is 4.13. The molecule has 1 aromatic carbocycles. The van der Waals surface area contributed by atoms with Crippen molar-refractivity contribution in [2.75, 3.05) is 0 Å². The third kappa shape index (κ3) is 2.66. The molecule has 1 atom stereocenters. The first kappa shape index (κ1) is 14.4. The Balaban J connectivity index is 2.51. The summed E-state index contributed by atoms with van der Waals surface area (Å²) in [5.41, 5.74) is 1.05. The number of rotatable bonds is 4. The Labute approximate surface area is 124 Å². The zero-order valence-corrected chi connectivity index (χ0v) is 12.7. The minimum atomic E-state index is -1.27. The molecule has 102 valence electrons. The molecule has 0 aliphatic carbocycles. The van der Waals surface area contributed by atoms with Gasteiger partial charge in [-0.2, -0.15) is 0 Å². The topological polar surface area (TPSA) is 49.4 Å². The fraction of sp³-hybridized carbons (Fsp3) is 0.308. The number of ether oxygens (including phenoxy) is 1. The highest BCUT2D eigenvalue weighted by Gasteiger charge is 2.17. The molecule has 2 rings (SSSR count). The summed E-state index contributed by atoms with van der Waals surface area (Å²) in [4.78, 5) is 10.9. The third-order valence-electron chi connectivity index (χ3n) is 2.81. The van der Waals surface area contributed by atoms with Crippen LogP contribution in [0.25, 0.3) is 10.1 Å². The van der Waals surface area contributed by atoms with Gasteiger partial charge in [-0.05, 0) is 30.4 Å². The van der Waals surface area contributed by atoms with E-state index in [-0.39, 0.29) is 17.2 Å². The smallest absolute Gasteiger partial charge is 0.141 e. The van der Waals surface area contributed by atoms with E-state index in [1.165, 1.54) is 11.3 Å². The summed E-state index contributed by atoms with van der Waals surface area (Å²) in [6.45, 7) is 3.65. The minimum Gasteiger partial charge on any atom is -0.546 e. The van der Waals surface area contributed by atoms with E-state index in [2.05, 4.69) is 0 Å². The summed E-state index contributed by atoms with van der Waals surface area (Å²) in [5.74, 6) is -0.992. The number of hydrogen-bond acceptors (Lipinski definition) is 4. The van der Waals surface area contributed by atoms with Crippen LogP contribution in [-0.4, -0.2) is 12.1 Å². The second-order valence-corrected chi connectivity index (χ2v) is 5.77. The molecule has 19 heavy (non-hydrogen) atoms. The Kier molecular flexibility index (Phi) is 4.23. The predicted molar refractivity (Wildman–Crippen MR) is 76.3 cm³/mol. The molecule has 0 aliphatic heterocycles. The van der Waals surface area contributed by atoms with Crippen molar-refractivity contribution >= 4 is 50.6 Å². The molecule has 0 amide bonds. The Morgan fingerprint density at radius 2 is 2.16 bits per heavy atom. The van der Waals surface area contributed by atoms with Gasteiger partial charge in [0.15, 0.2) is 0 Å². The van der Waals surface area contributed by atoms with Crippen molar-refractivity contribution in [2.24, 2.45) is 0 Å². The maximum absolute atomic E-state index is 10.9. The lowest BCUT2D eigenvalue weighted by Crippen LogP contribution is -2.39. The number of carboxylic acid groups (broad SMARTS) is 1. The lowest BCUT2D eigenvalue weighted by Gasteiger charge is -2.19. The number of halogens is 2. The minimum absolute atomic E-state index is 0.232. The quantitative estimate of drug-likeness (QED) is 0.868. The van der Waals surface area contributed by atoms with Gasteiger partial charge in [0.1, 0.15) is 16.9 Å². The van der Waals surface area contributed by atoms with Crippen LogP contribution in [-0.2, 0) is 4.79 Å². The number of thiophene rings is 1. The highest BCUT2D eigenvalue weighted by atomic mass is 35.5. The molecular weight excluding hydrogens is 307 g/mol. The molecule has 3 nitrogen and oxygen atoms in total. The summed E-state index contributed by atoms with van der Waals surface area (Å²) in [6, 6.07) is 1.72. The van der Waals surface area contributed by atoms with E-state index in [0.29, 0.717) is 5.02 Å². The summed E-state index contributed by atoms with van der Waals surface area (Å²) < 4.78 is 6.27. The molecule has 0 radical (unpaired) electrons. The average molecular weight is 318 g/mol. The molecule has 6 heteroatoms. The molecule has 2 aromatic rings. The van der Waals surface area contributed by atoms with Gasteiger partial charge in [-0.1, -0.05) is 30.1 Å². The summed E-state index contributed by atoms with van der Waals surface area (Å²) >= 11 is 13.8. The largest absolute Gasteiger partial charge is 0.546 e. The van der Waals surface area contributed by atoms with Gasteiger partial charge in [0.2, 0.25) is 0 Å². The number of aliphatic carboxylic acids is 1. The molecule has 0 saturated heterocycles. The van der Waals surface area contributed by atoms with Crippen LogP contribution >= 0.6 is 34.5 Å². The molecule has 0 aliphatic rings. The van der Waals surface area contributed by atoms with Gasteiger partial charge in [0.05, 0.1) is 15.7 Å². The van der Waals surface area contributed by atoms with Crippen molar-refractivity contribution in [2.45, 2.75) is 26.4 Å². The van der Waals surface area contributed by atoms with Crippen LogP contribution in [0.4, 0.5) is 0 Å². The normalized spacial score (nSPS) is 12.6. The molecule has 0 fully saturated rings. The highest BCUT2D eigenvalue weighted by molar-refractivity contribution is 7.18. The van der Waals surface area contributed by atoms with Crippen LogP contribution in [0.3, 0.4) is 0 Å². The molecule has 0 bridgehead atoms. The van der Waals surface area contributed by atoms with Crippen molar-refractivity contribution < 1.29 is 14.6 Å². The van der Waals surface area contributed by atoms with Crippen LogP contribution in [0.2, 0.25) is 10.0 Å². The predicted octanol–water partition coefficient (Wildman–Crippen LogP) is 3.42. The third-order valence-corrected chi connectivity index (χ3v) is 4.90. The van der Waals surface area contributed by atoms with E-state index in [0.717, 1.165) is 15.6 Å². The Hall–Kier alpha value is -0.970. The number of carboxylic acids is 1. The van der Waals surface area contributed by atoms with E-state index in [9.17, 15) is 9.90 Å². The monoisotopic (exact) mass is 317 g/mol. The Morgan fingerprint density at radius 1 is 1.47 bits per heavy atom. The standard InChI is InChI=1S/C13H12Cl2O3S/c1-3-8(13(16)17)18-9-4-7-6(2)5-19-12(7)11(15)10(9)14/h4-5,8H,3H2,1-2H3,(H,16,17)/p-1. The van der Waals surface area contributed by atoms with Gasteiger partial charge in [-0.25, -0.2) is 0 Å². The zero-order valence-electron chi connectivity index (χ0n) is 10.3. The van der Waals surface area contributed by atoms with Crippen molar-refractivity contribution in [1.82, 2.24) is 0 Å². The van der Waals surface area contributed by atoms with Crippen molar-refractivity contribution in [1.29, 1.82) is 0 Å². The fourth-order valence-electron chi connectivity index (χ4n) is 1.74. The van der Waals surface area contributed by atoms with Crippen LogP contribution < -0.4 is 9.84 Å². The Bertz CT molecular complexity index is 636. The summed E-state index contributed by atoms with van der Waals surface area (Å²) in [7, 11) is 0. The number of carbonyl (C=O) groups is 1. The first-order valence-corrected chi connectivity index (χ1v) is 7.32. The summed E-state index contributed by atoms with van der Waals surface area (Å²) in [5, 5.41) is 14.4. The molecule has 0 N–H and O–H groups in total. The van der Waals surface area contributed by atoms with Crippen LogP contribution in [0.5, 0.6) is 5.75 Å². The SMILES string of the molecule is CCC(Oc1cc2c(C)csc2c(Cl)c1Cl)C(=O)[O-]. The Morgan fingerprint density at radius 3 is 2.74 bits per heavy atom. The van der Waals surface area contributed by atoms with E-state index >= 15 is 0 Å². The summed E-state index contributed by atoms with van der Waals surface area (Å²) in [6.07, 6.45) is -0.748. The van der Waals surface area contributed by atoms with E-state index < -0.39 is 12.1 Å².